The highest BCUT2D eigenvalue weighted by Crippen LogP contribution is 2.20. The van der Waals surface area contributed by atoms with Crippen LogP contribution in [-0.2, 0) is 5.75 Å². The molecule has 1 rings (SSSR count). The molecule has 5 heteroatoms. The summed E-state index contributed by atoms with van der Waals surface area (Å²) in [6.07, 6.45) is 1.50. The Morgan fingerprint density at radius 2 is 2.43 bits per heavy atom. The number of thioether (sulfide) groups is 1. The number of nitrogen functional groups attached to an aromatic ring is 1. The topological polar surface area (TPSA) is 68.3 Å². The van der Waals surface area contributed by atoms with Crippen LogP contribution in [0.2, 0.25) is 0 Å². The van der Waals surface area contributed by atoms with E-state index in [-0.39, 0.29) is 5.91 Å². The van der Waals surface area contributed by atoms with Gasteiger partial charge in [-0.25, -0.2) is 5.84 Å². The summed E-state index contributed by atoms with van der Waals surface area (Å²) in [5, 5.41) is 0.508. The first-order valence-electron chi connectivity index (χ1n) is 4.34. The molecule has 1 heterocycles. The van der Waals surface area contributed by atoms with Gasteiger partial charge in [-0.15, -0.1) is 0 Å². The van der Waals surface area contributed by atoms with E-state index in [9.17, 15) is 4.79 Å². The lowest BCUT2D eigenvalue weighted by Crippen LogP contribution is -2.30. The Labute approximate surface area is 87.2 Å². The number of amides is 1. The first-order valence-corrected chi connectivity index (χ1v) is 5.39. The second kappa shape index (κ2) is 5.07. The molecular formula is C9H14N2O2S. The average Bonchev–Trinajstić information content (AvgIpc) is 2.61. The number of hydrazine groups is 1. The van der Waals surface area contributed by atoms with Gasteiger partial charge in [0.2, 0.25) is 0 Å². The highest BCUT2D eigenvalue weighted by molar-refractivity contribution is 7.99. The second-order valence-corrected chi connectivity index (χ2v) is 4.66. The van der Waals surface area contributed by atoms with Crippen LogP contribution in [0.1, 0.15) is 30.0 Å². The molecule has 4 nitrogen and oxygen atoms in total. The predicted molar refractivity (Wildman–Crippen MR) is 56.8 cm³/mol. The minimum Gasteiger partial charge on any atom is -0.468 e. The highest BCUT2D eigenvalue weighted by atomic mass is 32.2. The largest absolute Gasteiger partial charge is 0.468 e. The van der Waals surface area contributed by atoms with Crippen LogP contribution in [0.3, 0.4) is 0 Å². The first-order chi connectivity index (χ1) is 6.65. The molecule has 0 bridgehead atoms. The van der Waals surface area contributed by atoms with E-state index in [1.54, 1.807) is 17.8 Å². The Hall–Kier alpha value is -0.940. The molecule has 0 aromatic carbocycles. The van der Waals surface area contributed by atoms with Gasteiger partial charge in [0.1, 0.15) is 5.76 Å². The van der Waals surface area contributed by atoms with Gasteiger partial charge in [0.15, 0.2) is 0 Å². The fourth-order valence-corrected chi connectivity index (χ4v) is 1.68. The van der Waals surface area contributed by atoms with E-state index in [1.165, 1.54) is 6.26 Å². The summed E-state index contributed by atoms with van der Waals surface area (Å²) in [6.45, 7) is 4.19. The maximum atomic E-state index is 11.2. The third-order valence-corrected chi connectivity index (χ3v) is 2.76. The fraction of sp³-hybridized carbons (Fsp3) is 0.444. The van der Waals surface area contributed by atoms with Crippen LogP contribution < -0.4 is 11.3 Å². The van der Waals surface area contributed by atoms with Crippen LogP contribution in [0.15, 0.2) is 16.7 Å². The Morgan fingerprint density at radius 3 is 3.00 bits per heavy atom. The van der Waals surface area contributed by atoms with E-state index < -0.39 is 0 Å². The molecule has 78 valence electrons. The molecule has 0 saturated carbocycles. The van der Waals surface area contributed by atoms with E-state index in [0.29, 0.717) is 22.3 Å². The van der Waals surface area contributed by atoms with E-state index in [1.807, 2.05) is 0 Å². The third-order valence-electron chi connectivity index (χ3n) is 1.67. The summed E-state index contributed by atoms with van der Waals surface area (Å²) in [6, 6.07) is 1.62. The molecule has 0 aliphatic rings. The lowest BCUT2D eigenvalue weighted by molar-refractivity contribution is 0.0952. The summed E-state index contributed by atoms with van der Waals surface area (Å²) in [7, 11) is 0. The van der Waals surface area contributed by atoms with Gasteiger partial charge in [0, 0.05) is 0 Å². The minimum absolute atomic E-state index is 0.307. The molecule has 1 amide bonds. The first kappa shape index (κ1) is 11.1. The van der Waals surface area contributed by atoms with Crippen molar-refractivity contribution >= 4 is 17.7 Å². The van der Waals surface area contributed by atoms with E-state index in [2.05, 4.69) is 19.3 Å². The molecule has 1 aromatic heterocycles. The number of nitrogens with one attached hydrogen (secondary N) is 1. The van der Waals surface area contributed by atoms with Gasteiger partial charge in [0.25, 0.3) is 5.91 Å². The highest BCUT2D eigenvalue weighted by Gasteiger charge is 2.13. The smallest absolute Gasteiger partial charge is 0.268 e. The van der Waals surface area contributed by atoms with Crippen molar-refractivity contribution in [1.82, 2.24) is 5.43 Å². The normalized spacial score (nSPS) is 10.6. The zero-order chi connectivity index (χ0) is 10.6. The van der Waals surface area contributed by atoms with Crippen molar-refractivity contribution < 1.29 is 9.21 Å². The van der Waals surface area contributed by atoms with Gasteiger partial charge in [-0.05, 0) is 11.3 Å². The SMILES string of the molecule is CC(C)SCc1occc1C(=O)NN. The van der Waals surface area contributed by atoms with Gasteiger partial charge in [-0.3, -0.25) is 10.2 Å². The zero-order valence-corrected chi connectivity index (χ0v) is 9.06. The molecule has 0 fully saturated rings. The number of nitrogens with two attached hydrogens (primary N) is 1. The summed E-state index contributed by atoms with van der Waals surface area (Å²) >= 11 is 1.72. The number of rotatable bonds is 4. The van der Waals surface area contributed by atoms with Crippen molar-refractivity contribution in [3.05, 3.63) is 23.7 Å². The standard InChI is InChI=1S/C9H14N2O2S/c1-6(2)14-5-8-7(3-4-13-8)9(12)11-10/h3-4,6H,5,10H2,1-2H3,(H,11,12). The summed E-state index contributed by atoms with van der Waals surface area (Å²) < 4.78 is 5.20. The number of furan rings is 1. The van der Waals surface area contributed by atoms with Crippen molar-refractivity contribution in [2.75, 3.05) is 0 Å². The lowest BCUT2D eigenvalue weighted by Gasteiger charge is -2.03. The van der Waals surface area contributed by atoms with Gasteiger partial charge < -0.3 is 4.42 Å². The maximum absolute atomic E-state index is 11.2. The molecule has 0 spiro atoms. The van der Waals surface area contributed by atoms with Crippen molar-refractivity contribution in [3.8, 4) is 0 Å². The van der Waals surface area contributed by atoms with Crippen LogP contribution in [0.25, 0.3) is 0 Å². The molecule has 0 aliphatic heterocycles. The van der Waals surface area contributed by atoms with E-state index >= 15 is 0 Å². The molecule has 1 aromatic rings. The summed E-state index contributed by atoms with van der Waals surface area (Å²) in [5.74, 6) is 6.09. The Balaban J connectivity index is 2.67. The molecule has 0 atom stereocenters. The molecule has 0 unspecified atom stereocenters. The van der Waals surface area contributed by atoms with Crippen LogP contribution in [0, 0.1) is 0 Å². The maximum Gasteiger partial charge on any atom is 0.268 e. The Bertz CT molecular complexity index is 310. The lowest BCUT2D eigenvalue weighted by atomic mass is 10.2. The number of carbonyl (C=O) groups is 1. The molecule has 14 heavy (non-hydrogen) atoms. The predicted octanol–water partition coefficient (Wildman–Crippen LogP) is 1.52. The van der Waals surface area contributed by atoms with Crippen LogP contribution in [0.5, 0.6) is 0 Å². The Morgan fingerprint density at radius 1 is 1.71 bits per heavy atom. The van der Waals surface area contributed by atoms with E-state index in [4.69, 9.17) is 10.3 Å². The quantitative estimate of drug-likeness (QED) is 0.453. The van der Waals surface area contributed by atoms with Crippen LogP contribution in [0.4, 0.5) is 0 Å². The van der Waals surface area contributed by atoms with Crippen molar-refractivity contribution in [3.63, 3.8) is 0 Å². The summed E-state index contributed by atoms with van der Waals surface area (Å²) in [4.78, 5) is 11.2. The molecule has 0 aliphatic carbocycles. The average molecular weight is 214 g/mol. The van der Waals surface area contributed by atoms with Gasteiger partial charge in [0.05, 0.1) is 17.6 Å². The summed E-state index contributed by atoms with van der Waals surface area (Å²) in [5.41, 5.74) is 2.60. The second-order valence-electron chi connectivity index (χ2n) is 3.09. The van der Waals surface area contributed by atoms with Crippen molar-refractivity contribution in [2.24, 2.45) is 5.84 Å². The number of carbonyl (C=O) groups excluding carboxylic acids is 1. The fourth-order valence-electron chi connectivity index (χ4n) is 0.975. The van der Waals surface area contributed by atoms with Gasteiger partial charge in [-0.1, -0.05) is 13.8 Å². The molecular weight excluding hydrogens is 200 g/mol. The van der Waals surface area contributed by atoms with Gasteiger partial charge >= 0.3 is 0 Å². The van der Waals surface area contributed by atoms with Gasteiger partial charge in [-0.2, -0.15) is 11.8 Å². The van der Waals surface area contributed by atoms with Crippen molar-refractivity contribution in [2.45, 2.75) is 24.9 Å². The number of hydrogen-bond donors (Lipinski definition) is 2. The molecule has 3 N–H and O–H groups in total. The third kappa shape index (κ3) is 2.78. The molecule has 0 saturated heterocycles. The zero-order valence-electron chi connectivity index (χ0n) is 8.24. The van der Waals surface area contributed by atoms with Crippen LogP contribution in [-0.4, -0.2) is 11.2 Å². The minimum atomic E-state index is -0.307. The van der Waals surface area contributed by atoms with E-state index in [0.717, 1.165) is 0 Å². The molecule has 0 radical (unpaired) electrons. The monoisotopic (exact) mass is 214 g/mol. The Kier molecular flexibility index (Phi) is 4.03. The number of hydrogen-bond acceptors (Lipinski definition) is 4. The van der Waals surface area contributed by atoms with Crippen LogP contribution >= 0.6 is 11.8 Å². The van der Waals surface area contributed by atoms with Crippen molar-refractivity contribution in [1.29, 1.82) is 0 Å².